The zero-order valence-electron chi connectivity index (χ0n) is 9.58. The maximum Gasteiger partial charge on any atom is 0.312 e. The van der Waals surface area contributed by atoms with Gasteiger partial charge in [0, 0.05) is 0 Å². The maximum absolute atomic E-state index is 11.0. The minimum Gasteiger partial charge on any atom is -0.469 e. The predicted molar refractivity (Wildman–Crippen MR) is 59.1 cm³/mol. The molecule has 0 rings (SSSR count). The van der Waals surface area contributed by atoms with E-state index in [0.29, 0.717) is 0 Å². The topological polar surface area (TPSA) is 26.3 Å². The lowest BCUT2D eigenvalue weighted by atomic mass is 10.1. The van der Waals surface area contributed by atoms with E-state index in [2.05, 4.69) is 17.7 Å². The van der Waals surface area contributed by atoms with Gasteiger partial charge < -0.3 is 4.74 Å². The average Bonchev–Trinajstić information content (AvgIpc) is 2.21. The zero-order chi connectivity index (χ0) is 10.8. The molecule has 0 aliphatic heterocycles. The van der Waals surface area contributed by atoms with Crippen LogP contribution in [-0.2, 0) is 9.53 Å². The van der Waals surface area contributed by atoms with Crippen LogP contribution in [0.1, 0.15) is 46.0 Å². The van der Waals surface area contributed by atoms with Crippen molar-refractivity contribution in [3.05, 3.63) is 12.2 Å². The third-order valence-electron chi connectivity index (χ3n) is 2.22. The van der Waals surface area contributed by atoms with E-state index in [1.165, 1.54) is 32.8 Å². The van der Waals surface area contributed by atoms with Crippen LogP contribution < -0.4 is 0 Å². The third kappa shape index (κ3) is 6.70. The van der Waals surface area contributed by atoms with Gasteiger partial charge in [0.15, 0.2) is 0 Å². The molecule has 0 N–H and O–H groups in total. The number of hydrogen-bond acceptors (Lipinski definition) is 2. The monoisotopic (exact) mass is 198 g/mol. The molecular formula is C12H22O2. The van der Waals surface area contributed by atoms with E-state index in [-0.39, 0.29) is 11.9 Å². The molecule has 0 bridgehead atoms. The largest absolute Gasteiger partial charge is 0.469 e. The van der Waals surface area contributed by atoms with Crippen LogP contribution in [0.3, 0.4) is 0 Å². The molecule has 82 valence electrons. The first kappa shape index (κ1) is 13.2. The van der Waals surface area contributed by atoms with E-state index >= 15 is 0 Å². The van der Waals surface area contributed by atoms with E-state index in [4.69, 9.17) is 0 Å². The van der Waals surface area contributed by atoms with Crippen molar-refractivity contribution >= 4 is 5.97 Å². The Labute approximate surface area is 87.3 Å². The Morgan fingerprint density at radius 1 is 1.36 bits per heavy atom. The van der Waals surface area contributed by atoms with Gasteiger partial charge in [-0.3, -0.25) is 4.79 Å². The van der Waals surface area contributed by atoms with Gasteiger partial charge in [-0.15, -0.1) is 0 Å². The molecule has 0 aliphatic carbocycles. The van der Waals surface area contributed by atoms with Crippen molar-refractivity contribution in [3.63, 3.8) is 0 Å². The first-order valence-electron chi connectivity index (χ1n) is 5.46. The fourth-order valence-electron chi connectivity index (χ4n) is 1.25. The van der Waals surface area contributed by atoms with Crippen molar-refractivity contribution in [1.29, 1.82) is 0 Å². The highest BCUT2D eigenvalue weighted by Gasteiger charge is 2.07. The van der Waals surface area contributed by atoms with Gasteiger partial charge in [0.2, 0.25) is 0 Å². The van der Waals surface area contributed by atoms with E-state index in [9.17, 15) is 4.79 Å². The summed E-state index contributed by atoms with van der Waals surface area (Å²) in [5.41, 5.74) is 0. The van der Waals surface area contributed by atoms with Crippen molar-refractivity contribution in [2.45, 2.75) is 46.0 Å². The average molecular weight is 198 g/mol. The van der Waals surface area contributed by atoms with Crippen molar-refractivity contribution in [2.24, 2.45) is 5.92 Å². The molecule has 0 fully saturated rings. The number of methoxy groups -OCH3 is 1. The van der Waals surface area contributed by atoms with Crippen LogP contribution in [0.4, 0.5) is 0 Å². The Kier molecular flexibility index (Phi) is 8.30. The first-order chi connectivity index (χ1) is 6.72. The summed E-state index contributed by atoms with van der Waals surface area (Å²) in [5, 5.41) is 0. The lowest BCUT2D eigenvalue weighted by Gasteiger charge is -2.02. The number of hydrogen-bond donors (Lipinski definition) is 0. The number of esters is 1. The molecule has 0 saturated carbocycles. The second-order valence-corrected chi connectivity index (χ2v) is 3.59. The summed E-state index contributed by atoms with van der Waals surface area (Å²) < 4.78 is 4.62. The molecule has 2 heteroatoms. The highest BCUT2D eigenvalue weighted by atomic mass is 16.5. The van der Waals surface area contributed by atoms with Crippen LogP contribution >= 0.6 is 0 Å². The molecule has 0 saturated heterocycles. The quantitative estimate of drug-likeness (QED) is 0.356. The Hall–Kier alpha value is -0.790. The van der Waals surface area contributed by atoms with Gasteiger partial charge in [-0.05, 0) is 19.8 Å². The van der Waals surface area contributed by atoms with E-state index in [1.807, 2.05) is 13.0 Å². The molecule has 0 heterocycles. The second kappa shape index (κ2) is 8.79. The minimum absolute atomic E-state index is 0.105. The van der Waals surface area contributed by atoms with Gasteiger partial charge in [0.25, 0.3) is 0 Å². The number of carbonyl (C=O) groups is 1. The second-order valence-electron chi connectivity index (χ2n) is 3.59. The van der Waals surface area contributed by atoms with Gasteiger partial charge in [0.1, 0.15) is 0 Å². The van der Waals surface area contributed by atoms with E-state index in [0.717, 1.165) is 6.42 Å². The molecule has 0 aliphatic rings. The summed E-state index contributed by atoms with van der Waals surface area (Å²) in [6.07, 6.45) is 10.2. The summed E-state index contributed by atoms with van der Waals surface area (Å²) in [6, 6.07) is 0. The maximum atomic E-state index is 11.0. The van der Waals surface area contributed by atoms with Crippen molar-refractivity contribution in [2.75, 3.05) is 7.11 Å². The molecule has 0 aromatic carbocycles. The van der Waals surface area contributed by atoms with Crippen LogP contribution in [0.25, 0.3) is 0 Å². The van der Waals surface area contributed by atoms with Gasteiger partial charge in [0.05, 0.1) is 13.0 Å². The van der Waals surface area contributed by atoms with Crippen molar-refractivity contribution in [3.8, 4) is 0 Å². The summed E-state index contributed by atoms with van der Waals surface area (Å²) in [4.78, 5) is 11.0. The van der Waals surface area contributed by atoms with Crippen LogP contribution in [0, 0.1) is 5.92 Å². The molecule has 1 atom stereocenters. The van der Waals surface area contributed by atoms with Crippen molar-refractivity contribution in [1.82, 2.24) is 0 Å². The normalized spacial score (nSPS) is 13.1. The predicted octanol–water partition coefficient (Wildman–Crippen LogP) is 3.32. The summed E-state index contributed by atoms with van der Waals surface area (Å²) >= 11 is 0. The lowest BCUT2D eigenvalue weighted by molar-refractivity contribution is -0.143. The van der Waals surface area contributed by atoms with Crippen molar-refractivity contribution < 1.29 is 9.53 Å². The van der Waals surface area contributed by atoms with Gasteiger partial charge in [-0.1, -0.05) is 38.3 Å². The summed E-state index contributed by atoms with van der Waals surface area (Å²) in [7, 11) is 1.42. The minimum atomic E-state index is -0.158. The number of allylic oxidation sites excluding steroid dienone is 1. The first-order valence-corrected chi connectivity index (χ1v) is 5.46. The Bertz CT molecular complexity index is 173. The molecule has 2 nitrogen and oxygen atoms in total. The van der Waals surface area contributed by atoms with Gasteiger partial charge >= 0.3 is 5.97 Å². The molecule has 0 aromatic heterocycles. The Morgan fingerprint density at radius 2 is 2.07 bits per heavy atom. The highest BCUT2D eigenvalue weighted by molar-refractivity contribution is 5.73. The molecule has 0 spiro atoms. The van der Waals surface area contributed by atoms with E-state index in [1.54, 1.807) is 0 Å². The number of ether oxygens (including phenoxy) is 1. The summed E-state index contributed by atoms with van der Waals surface area (Å²) in [6.45, 7) is 4.06. The fraction of sp³-hybridized carbons (Fsp3) is 0.750. The standard InChI is InChI=1S/C12H22O2/c1-4-5-6-7-8-9-10-11(2)12(13)14-3/h9-11H,4-8H2,1-3H3. The van der Waals surface area contributed by atoms with Gasteiger partial charge in [-0.25, -0.2) is 0 Å². The highest BCUT2D eigenvalue weighted by Crippen LogP contribution is 2.05. The molecule has 0 aromatic rings. The zero-order valence-corrected chi connectivity index (χ0v) is 9.58. The fourth-order valence-corrected chi connectivity index (χ4v) is 1.25. The van der Waals surface area contributed by atoms with Crippen LogP contribution in [0.15, 0.2) is 12.2 Å². The lowest BCUT2D eigenvalue weighted by Crippen LogP contribution is -2.09. The van der Waals surface area contributed by atoms with Crippen LogP contribution in [-0.4, -0.2) is 13.1 Å². The summed E-state index contributed by atoms with van der Waals surface area (Å²) in [5.74, 6) is -0.263. The molecule has 1 unspecified atom stereocenters. The van der Waals surface area contributed by atoms with Crippen LogP contribution in [0.2, 0.25) is 0 Å². The SMILES string of the molecule is CCCCCCC=CC(C)C(=O)OC. The molecule has 0 amide bonds. The smallest absolute Gasteiger partial charge is 0.312 e. The number of carbonyl (C=O) groups excluding carboxylic acids is 1. The van der Waals surface area contributed by atoms with Crippen LogP contribution in [0.5, 0.6) is 0 Å². The van der Waals surface area contributed by atoms with E-state index < -0.39 is 0 Å². The molecule has 14 heavy (non-hydrogen) atoms. The Balaban J connectivity index is 3.47. The molecule has 0 radical (unpaired) electrons. The number of rotatable bonds is 7. The third-order valence-corrected chi connectivity index (χ3v) is 2.22. The molecular weight excluding hydrogens is 176 g/mol. The van der Waals surface area contributed by atoms with Gasteiger partial charge in [-0.2, -0.15) is 0 Å². The Morgan fingerprint density at radius 3 is 2.64 bits per heavy atom. The number of unbranched alkanes of at least 4 members (excludes halogenated alkanes) is 4.